The van der Waals surface area contributed by atoms with Crippen molar-refractivity contribution in [1.29, 1.82) is 0 Å². The number of carbonyl (C=O) groups is 2. The SMILES string of the molecule is C=C(C)C(=O)OC(CC)COc1c2c(c(OCC(CC)OC(=O)C(=C)C)c3c(CC)cccc13)CCCC2. The molecule has 2 aromatic rings. The van der Waals surface area contributed by atoms with E-state index in [1.165, 1.54) is 5.56 Å². The molecule has 0 aliphatic heterocycles. The molecule has 2 unspecified atom stereocenters. The van der Waals surface area contributed by atoms with E-state index < -0.39 is 11.9 Å². The Morgan fingerprint density at radius 1 is 0.816 bits per heavy atom. The molecule has 0 amide bonds. The lowest BCUT2D eigenvalue weighted by Gasteiger charge is -2.28. The molecule has 0 N–H and O–H groups in total. The Hall–Kier alpha value is -3.28. The van der Waals surface area contributed by atoms with Crippen molar-refractivity contribution in [2.24, 2.45) is 0 Å². The van der Waals surface area contributed by atoms with E-state index in [1.54, 1.807) is 13.8 Å². The monoisotopic (exact) mass is 522 g/mol. The average molecular weight is 523 g/mol. The number of rotatable bonds is 13. The first-order valence-corrected chi connectivity index (χ1v) is 13.8. The minimum atomic E-state index is -0.401. The Kier molecular flexibility index (Phi) is 10.4. The molecule has 0 radical (unpaired) electrons. The van der Waals surface area contributed by atoms with E-state index >= 15 is 0 Å². The van der Waals surface area contributed by atoms with Crippen LogP contribution in [0.1, 0.15) is 77.0 Å². The molecule has 206 valence electrons. The summed E-state index contributed by atoms with van der Waals surface area (Å²) in [7, 11) is 0. The molecule has 0 spiro atoms. The topological polar surface area (TPSA) is 71.1 Å². The summed E-state index contributed by atoms with van der Waals surface area (Å²) in [5.74, 6) is 0.915. The molecule has 2 aromatic carbocycles. The second-order valence-electron chi connectivity index (χ2n) is 10.1. The number of ether oxygens (including phenoxy) is 4. The fourth-order valence-electron chi connectivity index (χ4n) is 4.72. The van der Waals surface area contributed by atoms with Crippen molar-refractivity contribution in [3.05, 3.63) is 59.2 Å². The van der Waals surface area contributed by atoms with E-state index in [4.69, 9.17) is 18.9 Å². The second kappa shape index (κ2) is 13.5. The minimum Gasteiger partial charge on any atom is -0.489 e. The third kappa shape index (κ3) is 6.77. The van der Waals surface area contributed by atoms with Crippen molar-refractivity contribution in [1.82, 2.24) is 0 Å². The van der Waals surface area contributed by atoms with Crippen LogP contribution in [-0.4, -0.2) is 37.4 Å². The Morgan fingerprint density at radius 2 is 1.32 bits per heavy atom. The summed E-state index contributed by atoms with van der Waals surface area (Å²) in [6, 6.07) is 6.25. The summed E-state index contributed by atoms with van der Waals surface area (Å²) in [5.41, 5.74) is 4.23. The number of hydrogen-bond donors (Lipinski definition) is 0. The van der Waals surface area contributed by atoms with E-state index in [1.807, 2.05) is 13.8 Å². The van der Waals surface area contributed by atoms with E-state index in [0.717, 1.165) is 65.5 Å². The molecule has 38 heavy (non-hydrogen) atoms. The van der Waals surface area contributed by atoms with Crippen LogP contribution in [0.3, 0.4) is 0 Å². The highest BCUT2D eigenvalue weighted by molar-refractivity contribution is 5.98. The lowest BCUT2D eigenvalue weighted by atomic mass is 9.85. The summed E-state index contributed by atoms with van der Waals surface area (Å²) < 4.78 is 24.2. The van der Waals surface area contributed by atoms with Crippen LogP contribution in [0.5, 0.6) is 11.5 Å². The highest BCUT2D eigenvalue weighted by atomic mass is 16.6. The Labute approximate surface area is 227 Å². The van der Waals surface area contributed by atoms with Crippen LogP contribution in [0.4, 0.5) is 0 Å². The number of benzene rings is 2. The first-order chi connectivity index (χ1) is 18.2. The van der Waals surface area contributed by atoms with Gasteiger partial charge in [-0.2, -0.15) is 0 Å². The zero-order chi connectivity index (χ0) is 27.8. The van der Waals surface area contributed by atoms with E-state index in [9.17, 15) is 9.59 Å². The van der Waals surface area contributed by atoms with Crippen LogP contribution in [0.25, 0.3) is 10.8 Å². The van der Waals surface area contributed by atoms with Gasteiger partial charge in [-0.3, -0.25) is 0 Å². The predicted octanol–water partition coefficient (Wildman–Crippen LogP) is 6.83. The number of hydrogen-bond acceptors (Lipinski definition) is 6. The number of carbonyl (C=O) groups excluding carboxylic acids is 2. The van der Waals surface area contributed by atoms with Gasteiger partial charge in [0.05, 0.1) is 0 Å². The van der Waals surface area contributed by atoms with Crippen molar-refractivity contribution in [2.45, 2.75) is 91.8 Å². The van der Waals surface area contributed by atoms with Crippen molar-refractivity contribution < 1.29 is 28.5 Å². The van der Waals surface area contributed by atoms with Crippen molar-refractivity contribution >= 4 is 22.7 Å². The van der Waals surface area contributed by atoms with Gasteiger partial charge in [-0.05, 0) is 64.4 Å². The zero-order valence-corrected chi connectivity index (χ0v) is 23.6. The minimum absolute atomic E-state index is 0.266. The quantitative estimate of drug-likeness (QED) is 0.212. The first-order valence-electron chi connectivity index (χ1n) is 13.8. The van der Waals surface area contributed by atoms with Gasteiger partial charge in [0, 0.05) is 33.0 Å². The van der Waals surface area contributed by atoms with E-state index in [2.05, 4.69) is 38.3 Å². The van der Waals surface area contributed by atoms with Crippen LogP contribution in [0.15, 0.2) is 42.5 Å². The van der Waals surface area contributed by atoms with Crippen LogP contribution in [-0.2, 0) is 38.3 Å². The fraction of sp³-hybridized carbons (Fsp3) is 0.500. The molecule has 0 fully saturated rings. The van der Waals surface area contributed by atoms with Crippen molar-refractivity contribution in [2.75, 3.05) is 13.2 Å². The third-order valence-corrected chi connectivity index (χ3v) is 7.00. The predicted molar refractivity (Wildman–Crippen MR) is 151 cm³/mol. The summed E-state index contributed by atoms with van der Waals surface area (Å²) in [4.78, 5) is 24.3. The van der Waals surface area contributed by atoms with Crippen molar-refractivity contribution in [3.63, 3.8) is 0 Å². The number of fused-ring (bicyclic) bond motifs is 2. The molecule has 1 aliphatic carbocycles. The van der Waals surface area contributed by atoms with Gasteiger partial charge in [-0.25, -0.2) is 9.59 Å². The van der Waals surface area contributed by atoms with Gasteiger partial charge in [0.25, 0.3) is 0 Å². The van der Waals surface area contributed by atoms with Gasteiger partial charge in [-0.1, -0.05) is 52.1 Å². The summed E-state index contributed by atoms with van der Waals surface area (Å²) in [6.07, 6.45) is 5.29. The maximum absolute atomic E-state index is 12.1. The molecule has 6 nitrogen and oxygen atoms in total. The molecular formula is C32H42O6. The standard InChI is InChI=1S/C32H42O6/c1-8-22-14-13-17-27-28(22)30(36-19-24(10-3)38-32(34)21(6)7)26-16-12-11-15-25(26)29(27)35-18-23(9-2)37-31(33)20(4)5/h13-14,17,23-24H,4,6,8-12,15-16,18-19H2,1-3,5,7H3. The van der Waals surface area contributed by atoms with Gasteiger partial charge in [0.15, 0.2) is 0 Å². The summed E-state index contributed by atoms with van der Waals surface area (Å²) in [5, 5.41) is 2.03. The largest absolute Gasteiger partial charge is 0.489 e. The van der Waals surface area contributed by atoms with Crippen LogP contribution >= 0.6 is 0 Å². The Morgan fingerprint density at radius 3 is 1.79 bits per heavy atom. The van der Waals surface area contributed by atoms with Gasteiger partial charge < -0.3 is 18.9 Å². The van der Waals surface area contributed by atoms with Crippen LogP contribution < -0.4 is 9.47 Å². The fourth-order valence-corrected chi connectivity index (χ4v) is 4.72. The van der Waals surface area contributed by atoms with Crippen molar-refractivity contribution in [3.8, 4) is 11.5 Å². The zero-order valence-electron chi connectivity index (χ0n) is 23.6. The third-order valence-electron chi connectivity index (χ3n) is 7.00. The molecule has 0 saturated heterocycles. The molecule has 2 atom stereocenters. The summed E-state index contributed by atoms with van der Waals surface area (Å²) in [6.45, 7) is 17.3. The Balaban J connectivity index is 2.02. The van der Waals surface area contributed by atoms with Gasteiger partial charge in [-0.15, -0.1) is 0 Å². The maximum atomic E-state index is 12.1. The highest BCUT2D eigenvalue weighted by Gasteiger charge is 2.27. The Bertz CT molecular complexity index is 1190. The van der Waals surface area contributed by atoms with E-state index in [-0.39, 0.29) is 25.4 Å². The lowest BCUT2D eigenvalue weighted by molar-refractivity contribution is -0.146. The number of esters is 2. The molecule has 0 saturated carbocycles. The van der Waals surface area contributed by atoms with Crippen LogP contribution in [0.2, 0.25) is 0 Å². The molecule has 0 aromatic heterocycles. The second-order valence-corrected chi connectivity index (χ2v) is 10.1. The first kappa shape index (κ1) is 29.3. The molecule has 3 rings (SSSR count). The average Bonchev–Trinajstić information content (AvgIpc) is 2.92. The maximum Gasteiger partial charge on any atom is 0.333 e. The highest BCUT2D eigenvalue weighted by Crippen LogP contribution is 2.46. The molecule has 0 bridgehead atoms. The number of aryl methyl sites for hydroxylation is 1. The molecular weight excluding hydrogens is 480 g/mol. The molecule has 0 heterocycles. The molecule has 6 heteroatoms. The summed E-state index contributed by atoms with van der Waals surface area (Å²) >= 11 is 0. The van der Waals surface area contributed by atoms with Gasteiger partial charge in [0.1, 0.15) is 36.9 Å². The van der Waals surface area contributed by atoms with E-state index in [0.29, 0.717) is 24.0 Å². The molecule has 1 aliphatic rings. The van der Waals surface area contributed by atoms with Crippen LogP contribution in [0, 0.1) is 0 Å². The normalized spacial score (nSPS) is 14.2. The lowest BCUT2D eigenvalue weighted by Crippen LogP contribution is -2.26. The van der Waals surface area contributed by atoms with Gasteiger partial charge in [0.2, 0.25) is 0 Å². The smallest absolute Gasteiger partial charge is 0.333 e. The van der Waals surface area contributed by atoms with Gasteiger partial charge >= 0.3 is 11.9 Å².